The van der Waals surface area contributed by atoms with E-state index in [1.54, 1.807) is 0 Å². The molecule has 0 atom stereocenters. The van der Waals surface area contributed by atoms with Crippen LogP contribution in [0.25, 0.3) is 5.57 Å². The molecule has 3 rings (SSSR count). The molecule has 0 amide bonds. The lowest BCUT2D eigenvalue weighted by Gasteiger charge is -2.19. The minimum atomic E-state index is 0.441. The zero-order chi connectivity index (χ0) is 21.0. The van der Waals surface area contributed by atoms with Crippen molar-refractivity contribution in [1.82, 2.24) is 4.90 Å². The Kier molecular flexibility index (Phi) is 6.58. The van der Waals surface area contributed by atoms with E-state index in [-0.39, 0.29) is 0 Å². The van der Waals surface area contributed by atoms with Crippen molar-refractivity contribution in [2.75, 3.05) is 19.5 Å². The Hall–Kier alpha value is -2.81. The molecule has 0 radical (unpaired) electrons. The fourth-order valence-electron chi connectivity index (χ4n) is 3.89. The molecule has 0 aromatic heterocycles. The highest BCUT2D eigenvalue weighted by molar-refractivity contribution is 5.90. The first-order valence-corrected chi connectivity index (χ1v) is 10.5. The number of hydrogen-bond donors (Lipinski definition) is 1. The third-order valence-corrected chi connectivity index (χ3v) is 5.43. The van der Waals surface area contributed by atoms with Gasteiger partial charge in [-0.3, -0.25) is 5.43 Å². The fraction of sp³-hybridized carbons (Fsp3) is 0.346. The van der Waals surface area contributed by atoms with Gasteiger partial charge < -0.3 is 4.90 Å². The molecule has 1 aliphatic carbocycles. The largest absolute Gasteiger partial charge is 0.377 e. The fourth-order valence-corrected chi connectivity index (χ4v) is 3.89. The van der Waals surface area contributed by atoms with Gasteiger partial charge in [-0.25, -0.2) is 0 Å². The van der Waals surface area contributed by atoms with E-state index >= 15 is 0 Å². The number of rotatable bonds is 7. The van der Waals surface area contributed by atoms with Crippen LogP contribution in [-0.2, 0) is 0 Å². The Balaban J connectivity index is 1.93. The van der Waals surface area contributed by atoms with E-state index in [0.717, 1.165) is 17.7 Å². The molecule has 29 heavy (non-hydrogen) atoms. The monoisotopic (exact) mass is 387 g/mol. The van der Waals surface area contributed by atoms with Crippen molar-refractivity contribution in [2.45, 2.75) is 46.0 Å². The van der Waals surface area contributed by atoms with Crippen LogP contribution in [0.4, 0.5) is 5.69 Å². The van der Waals surface area contributed by atoms with Gasteiger partial charge in [-0.15, -0.1) is 0 Å². The van der Waals surface area contributed by atoms with Crippen molar-refractivity contribution in [3.8, 4) is 0 Å². The Morgan fingerprint density at radius 2 is 1.59 bits per heavy atom. The molecular formula is C26H33N3. The van der Waals surface area contributed by atoms with Crippen molar-refractivity contribution in [3.05, 3.63) is 82.6 Å². The maximum Gasteiger partial charge on any atom is 0.0630 e. The minimum absolute atomic E-state index is 0.441. The first-order chi connectivity index (χ1) is 13.9. The molecule has 2 aromatic rings. The first-order valence-electron chi connectivity index (χ1n) is 10.5. The highest BCUT2D eigenvalue weighted by atomic mass is 15.3. The average Bonchev–Trinajstić information content (AvgIpc) is 3.18. The molecule has 0 aliphatic heterocycles. The number of hydrogen-bond acceptors (Lipinski definition) is 3. The molecular weight excluding hydrogens is 354 g/mol. The first kappa shape index (κ1) is 20.9. The predicted molar refractivity (Wildman–Crippen MR) is 127 cm³/mol. The predicted octanol–water partition coefficient (Wildman–Crippen LogP) is 6.61. The summed E-state index contributed by atoms with van der Waals surface area (Å²) in [6, 6.07) is 15.0. The molecule has 0 saturated carbocycles. The number of benzene rings is 2. The van der Waals surface area contributed by atoms with Gasteiger partial charge in [0.1, 0.15) is 0 Å². The molecule has 0 unspecified atom stereocenters. The van der Waals surface area contributed by atoms with E-state index in [9.17, 15) is 0 Å². The molecule has 0 bridgehead atoms. The van der Waals surface area contributed by atoms with Crippen molar-refractivity contribution in [3.63, 3.8) is 0 Å². The summed E-state index contributed by atoms with van der Waals surface area (Å²) in [6.07, 6.45) is 7.34. The second kappa shape index (κ2) is 9.13. The number of allylic oxidation sites excluding steroid dienone is 3. The van der Waals surface area contributed by atoms with Crippen LogP contribution in [0.15, 0.2) is 65.4 Å². The molecule has 1 N–H and O–H groups in total. The van der Waals surface area contributed by atoms with Crippen molar-refractivity contribution in [2.24, 2.45) is 5.10 Å². The van der Waals surface area contributed by atoms with Crippen molar-refractivity contribution < 1.29 is 0 Å². The Morgan fingerprint density at radius 3 is 2.21 bits per heavy atom. The summed E-state index contributed by atoms with van der Waals surface area (Å²) in [5.41, 5.74) is 12.1. The molecule has 0 spiro atoms. The molecule has 3 nitrogen and oxygen atoms in total. The smallest absolute Gasteiger partial charge is 0.0630 e. The van der Waals surface area contributed by atoms with E-state index in [2.05, 4.69) is 112 Å². The third-order valence-electron chi connectivity index (χ3n) is 5.43. The Bertz CT molecular complexity index is 920. The van der Waals surface area contributed by atoms with Crippen LogP contribution >= 0.6 is 0 Å². The Labute approximate surface area is 175 Å². The number of nitrogens with one attached hydrogen (secondary N) is 1. The van der Waals surface area contributed by atoms with Gasteiger partial charge in [0.05, 0.1) is 11.9 Å². The summed E-state index contributed by atoms with van der Waals surface area (Å²) in [4.78, 5) is 2.18. The summed E-state index contributed by atoms with van der Waals surface area (Å²) < 4.78 is 0. The van der Waals surface area contributed by atoms with E-state index in [1.807, 2.05) is 6.21 Å². The lowest BCUT2D eigenvalue weighted by molar-refractivity contribution is 0.533. The molecule has 3 heteroatoms. The standard InChI is InChI=1S/C26H33N3/c1-18(2)21-13-9-14-22(19(3)4)26(21)28-27-17-20-11-7-8-12-23(20)24-15-10-16-25(24)29(5)6/h7-14,16-19,28H,15H2,1-6H3/b27-17+. The topological polar surface area (TPSA) is 27.6 Å². The molecule has 2 aromatic carbocycles. The molecule has 0 saturated heterocycles. The van der Waals surface area contributed by atoms with Gasteiger partial charge >= 0.3 is 0 Å². The highest BCUT2D eigenvalue weighted by Gasteiger charge is 2.16. The molecule has 1 aliphatic rings. The molecule has 0 fully saturated rings. The zero-order valence-corrected chi connectivity index (χ0v) is 18.5. The molecule has 0 heterocycles. The van der Waals surface area contributed by atoms with Crippen LogP contribution in [0, 0.1) is 0 Å². The van der Waals surface area contributed by atoms with E-state index in [4.69, 9.17) is 0 Å². The van der Waals surface area contributed by atoms with E-state index in [0.29, 0.717) is 11.8 Å². The van der Waals surface area contributed by atoms with Crippen LogP contribution in [0.2, 0.25) is 0 Å². The third kappa shape index (κ3) is 4.61. The maximum absolute atomic E-state index is 4.67. The molecule has 152 valence electrons. The number of anilines is 1. The van der Waals surface area contributed by atoms with E-state index < -0.39 is 0 Å². The zero-order valence-electron chi connectivity index (χ0n) is 18.5. The number of hydrazone groups is 1. The number of para-hydroxylation sites is 1. The minimum Gasteiger partial charge on any atom is -0.377 e. The van der Waals surface area contributed by atoms with Gasteiger partial charge in [0.2, 0.25) is 0 Å². The van der Waals surface area contributed by atoms with Crippen LogP contribution in [-0.4, -0.2) is 25.2 Å². The second-order valence-corrected chi connectivity index (χ2v) is 8.44. The van der Waals surface area contributed by atoms with Crippen LogP contribution < -0.4 is 5.43 Å². The normalized spacial score (nSPS) is 13.9. The van der Waals surface area contributed by atoms with Crippen LogP contribution in [0.1, 0.15) is 68.2 Å². The summed E-state index contributed by atoms with van der Waals surface area (Å²) in [5.74, 6) is 0.882. The van der Waals surface area contributed by atoms with Gasteiger partial charge in [0.25, 0.3) is 0 Å². The second-order valence-electron chi connectivity index (χ2n) is 8.44. The average molecular weight is 388 g/mol. The summed E-state index contributed by atoms with van der Waals surface area (Å²) in [5, 5.41) is 4.67. The summed E-state index contributed by atoms with van der Waals surface area (Å²) >= 11 is 0. The quantitative estimate of drug-likeness (QED) is 0.427. The SMILES string of the molecule is CC(C)c1cccc(C(C)C)c1N/N=C/c1ccccc1C1=C(N(C)C)C=CC1. The lowest BCUT2D eigenvalue weighted by atomic mass is 9.93. The van der Waals surface area contributed by atoms with Crippen LogP contribution in [0.5, 0.6) is 0 Å². The lowest BCUT2D eigenvalue weighted by Crippen LogP contribution is -2.10. The van der Waals surface area contributed by atoms with Gasteiger partial charge in [-0.05, 0) is 46.6 Å². The summed E-state index contributed by atoms with van der Waals surface area (Å²) in [6.45, 7) is 8.91. The van der Waals surface area contributed by atoms with Gasteiger partial charge in [-0.1, -0.05) is 76.2 Å². The van der Waals surface area contributed by atoms with Gasteiger partial charge in [-0.2, -0.15) is 5.10 Å². The van der Waals surface area contributed by atoms with Gasteiger partial charge in [0, 0.05) is 25.4 Å². The van der Waals surface area contributed by atoms with Crippen LogP contribution in [0.3, 0.4) is 0 Å². The highest BCUT2D eigenvalue weighted by Crippen LogP contribution is 2.33. The van der Waals surface area contributed by atoms with Crippen molar-refractivity contribution >= 4 is 17.5 Å². The van der Waals surface area contributed by atoms with E-state index in [1.165, 1.54) is 28.0 Å². The number of likely N-dealkylation sites (N-methyl/N-ethyl adjacent to an activating group) is 1. The Morgan fingerprint density at radius 1 is 0.931 bits per heavy atom. The summed E-state index contributed by atoms with van der Waals surface area (Å²) in [7, 11) is 4.19. The van der Waals surface area contributed by atoms with Gasteiger partial charge in [0.15, 0.2) is 0 Å². The number of nitrogens with zero attached hydrogens (tertiary/aromatic N) is 2. The van der Waals surface area contributed by atoms with Crippen molar-refractivity contribution in [1.29, 1.82) is 0 Å². The maximum atomic E-state index is 4.67.